The van der Waals surface area contributed by atoms with Crippen LogP contribution < -0.4 is 10.6 Å². The third kappa shape index (κ3) is 8.23. The van der Waals surface area contributed by atoms with Gasteiger partial charge in [-0.25, -0.2) is 0 Å². The van der Waals surface area contributed by atoms with E-state index in [9.17, 15) is 9.59 Å². The molecular weight excluding hydrogens is 228 g/mol. The first-order valence-corrected chi connectivity index (χ1v) is 7.11. The van der Waals surface area contributed by atoms with E-state index in [1.807, 2.05) is 14.0 Å². The highest BCUT2D eigenvalue weighted by Crippen LogP contribution is 2.32. The normalized spacial score (nSPS) is 17.7. The highest BCUT2D eigenvalue weighted by Gasteiger charge is 2.23. The molecule has 0 spiro atoms. The van der Waals surface area contributed by atoms with Gasteiger partial charge in [0.15, 0.2) is 0 Å². The average Bonchev–Trinajstić information content (AvgIpc) is 3.16. The molecule has 0 atom stereocenters. The summed E-state index contributed by atoms with van der Waals surface area (Å²) >= 11 is 0. The molecule has 0 saturated heterocycles. The van der Waals surface area contributed by atoms with E-state index in [-0.39, 0.29) is 5.91 Å². The van der Waals surface area contributed by atoms with Crippen LogP contribution in [-0.4, -0.2) is 31.3 Å². The Bertz CT molecular complexity index is 243. The predicted octanol–water partition coefficient (Wildman–Crippen LogP) is 1.64. The molecule has 2 fully saturated rings. The standard InChI is InChI=1S/2C7H13NO/c1-8-5-7(9)4-6-2-3-6;1-2-3-7(9)8-6-4-5-6/h6,8H,2-5H2,1H3;6H,2-5H2,1H3,(H,8,9). The van der Waals surface area contributed by atoms with Gasteiger partial charge in [0.25, 0.3) is 0 Å². The van der Waals surface area contributed by atoms with E-state index >= 15 is 0 Å². The van der Waals surface area contributed by atoms with E-state index in [0.29, 0.717) is 24.8 Å². The lowest BCUT2D eigenvalue weighted by molar-refractivity contribution is -0.121. The van der Waals surface area contributed by atoms with E-state index in [2.05, 4.69) is 10.6 Å². The zero-order valence-corrected chi connectivity index (χ0v) is 11.6. The van der Waals surface area contributed by atoms with Crippen molar-refractivity contribution in [2.24, 2.45) is 5.92 Å². The quantitative estimate of drug-likeness (QED) is 0.726. The van der Waals surface area contributed by atoms with Gasteiger partial charge in [-0.05, 0) is 45.1 Å². The number of hydrogen-bond acceptors (Lipinski definition) is 3. The summed E-state index contributed by atoms with van der Waals surface area (Å²) in [5, 5.41) is 5.77. The average molecular weight is 254 g/mol. The van der Waals surface area contributed by atoms with Crippen LogP contribution in [0.25, 0.3) is 0 Å². The first-order chi connectivity index (χ1) is 8.65. The summed E-state index contributed by atoms with van der Waals surface area (Å²) in [6, 6.07) is 0.532. The molecule has 0 aromatic carbocycles. The third-order valence-electron chi connectivity index (χ3n) is 3.01. The van der Waals surface area contributed by atoms with Crippen molar-refractivity contribution in [1.82, 2.24) is 10.6 Å². The molecule has 2 N–H and O–H groups in total. The number of hydrogen-bond donors (Lipinski definition) is 2. The zero-order chi connectivity index (χ0) is 13.4. The topological polar surface area (TPSA) is 58.2 Å². The second-order valence-corrected chi connectivity index (χ2v) is 5.31. The van der Waals surface area contributed by atoms with Crippen molar-refractivity contribution in [3.05, 3.63) is 0 Å². The van der Waals surface area contributed by atoms with E-state index < -0.39 is 0 Å². The molecule has 2 saturated carbocycles. The second-order valence-electron chi connectivity index (χ2n) is 5.31. The molecule has 0 radical (unpaired) electrons. The lowest BCUT2D eigenvalue weighted by atomic mass is 10.2. The fourth-order valence-electron chi connectivity index (χ4n) is 1.67. The SMILES string of the molecule is CCCC(=O)NC1CC1.CNCC(=O)CC1CC1. The van der Waals surface area contributed by atoms with Crippen LogP contribution in [0.2, 0.25) is 0 Å². The Kier molecular flexibility index (Phi) is 6.94. The molecule has 0 aromatic rings. The van der Waals surface area contributed by atoms with Crippen molar-refractivity contribution in [2.75, 3.05) is 13.6 Å². The maximum Gasteiger partial charge on any atom is 0.220 e. The minimum Gasteiger partial charge on any atom is -0.353 e. The summed E-state index contributed by atoms with van der Waals surface area (Å²) in [6.45, 7) is 2.57. The molecule has 0 unspecified atom stereocenters. The molecule has 2 aliphatic rings. The maximum absolute atomic E-state index is 10.8. The van der Waals surface area contributed by atoms with Crippen molar-refractivity contribution in [1.29, 1.82) is 0 Å². The van der Waals surface area contributed by atoms with Gasteiger partial charge < -0.3 is 10.6 Å². The fourth-order valence-corrected chi connectivity index (χ4v) is 1.67. The van der Waals surface area contributed by atoms with Crippen LogP contribution in [0, 0.1) is 5.92 Å². The first-order valence-electron chi connectivity index (χ1n) is 7.11. The van der Waals surface area contributed by atoms with Crippen molar-refractivity contribution >= 4 is 11.7 Å². The van der Waals surface area contributed by atoms with Crippen LogP contribution in [0.5, 0.6) is 0 Å². The van der Waals surface area contributed by atoms with Gasteiger partial charge in [0.05, 0.1) is 6.54 Å². The van der Waals surface area contributed by atoms with Crippen LogP contribution in [0.1, 0.15) is 51.9 Å². The Hall–Kier alpha value is -0.900. The van der Waals surface area contributed by atoms with Crippen molar-refractivity contribution < 1.29 is 9.59 Å². The number of ketones is 1. The molecule has 0 aromatic heterocycles. The summed E-state index contributed by atoms with van der Waals surface area (Å²) in [5.41, 5.74) is 0. The molecular formula is C14H26N2O2. The smallest absolute Gasteiger partial charge is 0.220 e. The largest absolute Gasteiger partial charge is 0.353 e. The monoisotopic (exact) mass is 254 g/mol. The number of amides is 1. The highest BCUT2D eigenvalue weighted by atomic mass is 16.1. The number of likely N-dealkylation sites (N-methyl/N-ethyl adjacent to an activating group) is 1. The highest BCUT2D eigenvalue weighted by molar-refractivity contribution is 5.80. The van der Waals surface area contributed by atoms with E-state index in [0.717, 1.165) is 18.8 Å². The minimum atomic E-state index is 0.222. The molecule has 1 amide bonds. The molecule has 4 heteroatoms. The Labute approximate surface area is 110 Å². The third-order valence-corrected chi connectivity index (χ3v) is 3.01. The van der Waals surface area contributed by atoms with Crippen LogP contribution in [-0.2, 0) is 9.59 Å². The number of carbonyl (C=O) groups excluding carboxylic acids is 2. The predicted molar refractivity (Wildman–Crippen MR) is 72.3 cm³/mol. The van der Waals surface area contributed by atoms with E-state index in [1.54, 1.807) is 0 Å². The Morgan fingerprint density at radius 1 is 1.17 bits per heavy atom. The first kappa shape index (κ1) is 15.2. The molecule has 2 rings (SSSR count). The summed E-state index contributed by atoms with van der Waals surface area (Å²) in [5.74, 6) is 1.32. The van der Waals surface area contributed by atoms with Crippen molar-refractivity contribution in [3.8, 4) is 0 Å². The Morgan fingerprint density at radius 2 is 1.83 bits per heavy atom. The Balaban J connectivity index is 0.000000180. The maximum atomic E-state index is 10.8. The van der Waals surface area contributed by atoms with E-state index in [1.165, 1.54) is 25.7 Å². The second kappa shape index (κ2) is 8.25. The Morgan fingerprint density at radius 3 is 2.28 bits per heavy atom. The van der Waals surface area contributed by atoms with Crippen LogP contribution >= 0.6 is 0 Å². The molecule has 0 heterocycles. The number of rotatable bonds is 7. The molecule has 4 nitrogen and oxygen atoms in total. The van der Waals surface area contributed by atoms with Crippen LogP contribution in [0.15, 0.2) is 0 Å². The van der Waals surface area contributed by atoms with Gasteiger partial charge in [-0.3, -0.25) is 9.59 Å². The van der Waals surface area contributed by atoms with Gasteiger partial charge in [0.2, 0.25) is 5.91 Å². The van der Waals surface area contributed by atoms with E-state index in [4.69, 9.17) is 0 Å². The lowest BCUT2D eigenvalue weighted by Crippen LogP contribution is -2.24. The van der Waals surface area contributed by atoms with Gasteiger partial charge >= 0.3 is 0 Å². The number of carbonyl (C=O) groups is 2. The summed E-state index contributed by atoms with van der Waals surface area (Å²) in [6.07, 6.45) is 7.38. The number of Topliss-reactive ketones (excluding diaryl/α,β-unsaturated/α-hetero) is 1. The summed E-state index contributed by atoms with van der Waals surface area (Å²) in [7, 11) is 1.81. The zero-order valence-electron chi connectivity index (χ0n) is 11.6. The van der Waals surface area contributed by atoms with Crippen molar-refractivity contribution in [2.45, 2.75) is 57.9 Å². The number of nitrogens with one attached hydrogen (secondary N) is 2. The molecule has 0 bridgehead atoms. The molecule has 0 aliphatic heterocycles. The molecule has 104 valence electrons. The molecule has 2 aliphatic carbocycles. The van der Waals surface area contributed by atoms with Gasteiger partial charge in [-0.2, -0.15) is 0 Å². The summed E-state index contributed by atoms with van der Waals surface area (Å²) in [4.78, 5) is 21.6. The van der Waals surface area contributed by atoms with Crippen LogP contribution in [0.4, 0.5) is 0 Å². The summed E-state index contributed by atoms with van der Waals surface area (Å²) < 4.78 is 0. The van der Waals surface area contributed by atoms with Gasteiger partial charge in [-0.1, -0.05) is 6.92 Å². The van der Waals surface area contributed by atoms with Gasteiger partial charge in [-0.15, -0.1) is 0 Å². The van der Waals surface area contributed by atoms with Gasteiger partial charge in [0.1, 0.15) is 5.78 Å². The lowest BCUT2D eigenvalue weighted by Gasteiger charge is -1.98. The minimum absolute atomic E-state index is 0.222. The van der Waals surface area contributed by atoms with Crippen LogP contribution in [0.3, 0.4) is 0 Å². The fraction of sp³-hybridized carbons (Fsp3) is 0.857. The van der Waals surface area contributed by atoms with Gasteiger partial charge in [0, 0.05) is 18.9 Å². The van der Waals surface area contributed by atoms with Crippen molar-refractivity contribution in [3.63, 3.8) is 0 Å². The molecule has 18 heavy (non-hydrogen) atoms.